The van der Waals surface area contributed by atoms with Crippen molar-refractivity contribution in [2.24, 2.45) is 0 Å². The molecule has 0 aliphatic rings. The number of carbonyl (C=O) groups is 1. The summed E-state index contributed by atoms with van der Waals surface area (Å²) >= 11 is 0. The summed E-state index contributed by atoms with van der Waals surface area (Å²) < 4.78 is 5.36. The van der Waals surface area contributed by atoms with Gasteiger partial charge < -0.3 is 4.74 Å². The van der Waals surface area contributed by atoms with E-state index < -0.39 is 0 Å². The molecule has 2 aromatic carbocycles. The van der Waals surface area contributed by atoms with Crippen molar-refractivity contribution in [2.45, 2.75) is 20.8 Å². The number of hydrogen-bond donors (Lipinski definition) is 0. The summed E-state index contributed by atoms with van der Waals surface area (Å²) in [5, 5.41) is 2.07. The molecule has 0 aliphatic carbocycles. The molecule has 0 bridgehead atoms. The largest absolute Gasteiger partial charge is 0.423 e. The summed E-state index contributed by atoms with van der Waals surface area (Å²) in [6.07, 6.45) is 0. The summed E-state index contributed by atoms with van der Waals surface area (Å²) in [6, 6.07) is 9.88. The Morgan fingerprint density at radius 1 is 1.17 bits per heavy atom. The summed E-state index contributed by atoms with van der Waals surface area (Å²) in [5.74, 6) is 0.203. The van der Waals surface area contributed by atoms with E-state index in [9.17, 15) is 4.79 Å². The highest BCUT2D eigenvalue weighted by atomic mass is 16.5. The van der Waals surface area contributed by atoms with Crippen molar-refractivity contribution in [1.82, 2.24) is 0 Å². The summed E-state index contributed by atoms with van der Waals surface area (Å²) in [7, 11) is 0. The van der Waals surface area contributed by atoms with E-state index in [1.54, 1.807) is 6.92 Å². The van der Waals surface area contributed by atoms with Gasteiger partial charge in [0.05, 0.1) is 0 Å². The number of fused-ring (bicyclic) bond motifs is 1. The van der Waals surface area contributed by atoms with Crippen molar-refractivity contribution in [1.29, 1.82) is 0 Å². The number of carbonyl (C=O) groups excluding carboxylic acids is 1. The van der Waals surface area contributed by atoms with Crippen molar-refractivity contribution in [3.63, 3.8) is 0 Å². The molecule has 0 N–H and O–H groups in total. The summed E-state index contributed by atoms with van der Waals surface area (Å²) in [4.78, 5) is 11.6. The van der Waals surface area contributed by atoms with E-state index >= 15 is 0 Å². The summed E-state index contributed by atoms with van der Waals surface area (Å²) in [6.45, 7) is 9.32. The van der Waals surface area contributed by atoms with Gasteiger partial charge in [-0.3, -0.25) is 0 Å². The normalized spacial score (nSPS) is 10.4. The fraction of sp³-hybridized carbons (Fsp3) is 0.188. The van der Waals surface area contributed by atoms with Crippen LogP contribution in [0.25, 0.3) is 10.8 Å². The molecule has 0 aliphatic heterocycles. The van der Waals surface area contributed by atoms with Crippen LogP contribution in [0.5, 0.6) is 5.75 Å². The third-order valence-electron chi connectivity index (χ3n) is 2.86. The van der Waals surface area contributed by atoms with Crippen LogP contribution >= 0.6 is 0 Å². The molecule has 2 aromatic rings. The average Bonchev–Trinajstić information content (AvgIpc) is 2.29. The lowest BCUT2D eigenvalue weighted by molar-refractivity contribution is -0.129. The third kappa shape index (κ3) is 2.28. The van der Waals surface area contributed by atoms with Crippen LogP contribution < -0.4 is 4.74 Å². The molecular weight excluding hydrogens is 224 g/mol. The Morgan fingerprint density at radius 2 is 1.89 bits per heavy atom. The molecule has 0 fully saturated rings. The van der Waals surface area contributed by atoms with Gasteiger partial charge in [-0.25, -0.2) is 4.79 Å². The second kappa shape index (κ2) is 4.65. The standard InChI is InChI=1S/C16H16O2/c1-10(2)16(17)18-15-7-5-6-13-12(4)8-11(3)9-14(13)15/h5-9H,1H2,2-4H3. The molecule has 2 nitrogen and oxygen atoms in total. The van der Waals surface area contributed by atoms with Gasteiger partial charge in [0, 0.05) is 11.0 Å². The van der Waals surface area contributed by atoms with Crippen LogP contribution in [0.2, 0.25) is 0 Å². The van der Waals surface area contributed by atoms with Gasteiger partial charge in [0.15, 0.2) is 0 Å². The van der Waals surface area contributed by atoms with Crippen LogP contribution in [0.3, 0.4) is 0 Å². The molecule has 0 unspecified atom stereocenters. The van der Waals surface area contributed by atoms with E-state index in [1.807, 2.05) is 31.2 Å². The first kappa shape index (κ1) is 12.4. The minimum atomic E-state index is -0.387. The van der Waals surface area contributed by atoms with Crippen molar-refractivity contribution in [2.75, 3.05) is 0 Å². The molecule has 0 aromatic heterocycles. The van der Waals surface area contributed by atoms with Gasteiger partial charge in [0.25, 0.3) is 0 Å². The van der Waals surface area contributed by atoms with E-state index in [1.165, 1.54) is 5.56 Å². The van der Waals surface area contributed by atoms with Crippen LogP contribution in [-0.4, -0.2) is 5.97 Å². The van der Waals surface area contributed by atoms with Gasteiger partial charge >= 0.3 is 5.97 Å². The van der Waals surface area contributed by atoms with Gasteiger partial charge in [0.2, 0.25) is 0 Å². The fourth-order valence-corrected chi connectivity index (χ4v) is 2.00. The highest BCUT2D eigenvalue weighted by Crippen LogP contribution is 2.29. The first-order valence-corrected chi connectivity index (χ1v) is 5.86. The Kier molecular flexibility index (Phi) is 3.19. The van der Waals surface area contributed by atoms with Crippen LogP contribution in [-0.2, 0) is 4.79 Å². The number of benzene rings is 2. The highest BCUT2D eigenvalue weighted by Gasteiger charge is 2.09. The SMILES string of the molecule is C=C(C)C(=O)Oc1cccc2c(C)cc(C)cc12. The van der Waals surface area contributed by atoms with E-state index in [-0.39, 0.29) is 5.97 Å². The van der Waals surface area contributed by atoms with Crippen molar-refractivity contribution in [3.05, 3.63) is 53.6 Å². The highest BCUT2D eigenvalue weighted by molar-refractivity contribution is 5.95. The first-order valence-electron chi connectivity index (χ1n) is 5.86. The zero-order valence-electron chi connectivity index (χ0n) is 10.9. The first-order chi connectivity index (χ1) is 8.49. The molecule has 2 heteroatoms. The van der Waals surface area contributed by atoms with Gasteiger partial charge in [-0.15, -0.1) is 0 Å². The molecule has 18 heavy (non-hydrogen) atoms. The zero-order chi connectivity index (χ0) is 13.3. The van der Waals surface area contributed by atoms with Crippen LogP contribution in [0, 0.1) is 13.8 Å². The predicted molar refractivity (Wildman–Crippen MR) is 73.9 cm³/mol. The Labute approximate surface area is 107 Å². The molecule has 0 heterocycles. The molecule has 0 atom stereocenters. The lowest BCUT2D eigenvalue weighted by Gasteiger charge is -2.10. The van der Waals surface area contributed by atoms with E-state index in [0.29, 0.717) is 11.3 Å². The summed E-state index contributed by atoms with van der Waals surface area (Å²) in [5.41, 5.74) is 2.73. The molecule has 2 rings (SSSR count). The monoisotopic (exact) mass is 240 g/mol. The molecule has 0 saturated carbocycles. The lowest BCUT2D eigenvalue weighted by Crippen LogP contribution is -2.08. The van der Waals surface area contributed by atoms with Gasteiger partial charge in [0.1, 0.15) is 5.75 Å². The van der Waals surface area contributed by atoms with E-state index in [0.717, 1.165) is 16.3 Å². The number of esters is 1. The number of ether oxygens (including phenoxy) is 1. The van der Waals surface area contributed by atoms with Crippen molar-refractivity contribution in [3.8, 4) is 5.75 Å². The average molecular weight is 240 g/mol. The predicted octanol–water partition coefficient (Wildman–Crippen LogP) is 3.94. The minimum Gasteiger partial charge on any atom is -0.423 e. The van der Waals surface area contributed by atoms with Crippen LogP contribution in [0.15, 0.2) is 42.5 Å². The van der Waals surface area contributed by atoms with E-state index in [4.69, 9.17) is 4.74 Å². The maximum atomic E-state index is 11.6. The smallest absolute Gasteiger partial charge is 0.338 e. The van der Waals surface area contributed by atoms with E-state index in [2.05, 4.69) is 19.6 Å². The second-order valence-electron chi connectivity index (χ2n) is 4.60. The molecule has 92 valence electrons. The second-order valence-corrected chi connectivity index (χ2v) is 4.60. The number of aryl methyl sites for hydroxylation is 2. The topological polar surface area (TPSA) is 26.3 Å². The Hall–Kier alpha value is -2.09. The maximum Gasteiger partial charge on any atom is 0.338 e. The Morgan fingerprint density at radius 3 is 2.56 bits per heavy atom. The molecule has 0 spiro atoms. The Balaban J connectivity index is 2.58. The molecule has 0 amide bonds. The lowest BCUT2D eigenvalue weighted by atomic mass is 10.0. The molecule has 0 radical (unpaired) electrons. The van der Waals surface area contributed by atoms with Gasteiger partial charge in [-0.05, 0) is 43.9 Å². The molecular formula is C16H16O2. The minimum absolute atomic E-state index is 0.387. The zero-order valence-corrected chi connectivity index (χ0v) is 10.9. The van der Waals surface area contributed by atoms with Crippen molar-refractivity contribution >= 4 is 16.7 Å². The van der Waals surface area contributed by atoms with Crippen LogP contribution in [0.1, 0.15) is 18.1 Å². The third-order valence-corrected chi connectivity index (χ3v) is 2.86. The number of rotatable bonds is 2. The molecule has 0 saturated heterocycles. The van der Waals surface area contributed by atoms with Gasteiger partial charge in [-0.1, -0.05) is 30.3 Å². The Bertz CT molecular complexity index is 639. The van der Waals surface area contributed by atoms with Crippen LogP contribution in [0.4, 0.5) is 0 Å². The number of hydrogen-bond acceptors (Lipinski definition) is 2. The van der Waals surface area contributed by atoms with Gasteiger partial charge in [-0.2, -0.15) is 0 Å². The quantitative estimate of drug-likeness (QED) is 0.451. The maximum absolute atomic E-state index is 11.6. The van der Waals surface area contributed by atoms with Crippen molar-refractivity contribution < 1.29 is 9.53 Å². The fourth-order valence-electron chi connectivity index (χ4n) is 2.00.